The highest BCUT2D eigenvalue weighted by atomic mass is 127. The summed E-state index contributed by atoms with van der Waals surface area (Å²) in [6, 6.07) is 14.6. The molecular formula is C20H27IN4O3. The molecule has 0 aliphatic rings. The van der Waals surface area contributed by atoms with Gasteiger partial charge in [-0.15, -0.1) is 24.0 Å². The third kappa shape index (κ3) is 7.71. The molecule has 0 amide bonds. The molecule has 0 heterocycles. The molecule has 0 fully saturated rings. The Balaban J connectivity index is 0.00000392. The van der Waals surface area contributed by atoms with Crippen LogP contribution < -0.4 is 15.4 Å². The lowest BCUT2D eigenvalue weighted by Gasteiger charge is -2.17. The van der Waals surface area contributed by atoms with Crippen LogP contribution in [0.5, 0.6) is 5.75 Å². The first-order valence-electron chi connectivity index (χ1n) is 8.93. The summed E-state index contributed by atoms with van der Waals surface area (Å²) >= 11 is 0. The number of aliphatic imine (C=N–C) groups is 1. The maximum Gasteiger partial charge on any atom is 0.269 e. The number of guanidine groups is 1. The van der Waals surface area contributed by atoms with Gasteiger partial charge in [0.2, 0.25) is 0 Å². The Kier molecular flexibility index (Phi) is 10.3. The van der Waals surface area contributed by atoms with Gasteiger partial charge >= 0.3 is 0 Å². The Morgan fingerprint density at radius 2 is 1.75 bits per heavy atom. The molecule has 2 rings (SSSR count). The molecule has 7 nitrogen and oxygen atoms in total. The van der Waals surface area contributed by atoms with E-state index in [9.17, 15) is 10.1 Å². The van der Waals surface area contributed by atoms with Crippen molar-refractivity contribution in [3.05, 3.63) is 69.8 Å². The monoisotopic (exact) mass is 498 g/mol. The number of hydrogen-bond acceptors (Lipinski definition) is 4. The largest absolute Gasteiger partial charge is 0.497 e. The molecule has 0 aromatic heterocycles. The van der Waals surface area contributed by atoms with Crippen molar-refractivity contribution in [2.45, 2.75) is 39.4 Å². The van der Waals surface area contributed by atoms with Gasteiger partial charge in [-0.2, -0.15) is 0 Å². The first-order chi connectivity index (χ1) is 13.0. The summed E-state index contributed by atoms with van der Waals surface area (Å²) in [7, 11) is 1.64. The number of non-ortho nitro benzene ring substituents is 1. The molecule has 28 heavy (non-hydrogen) atoms. The summed E-state index contributed by atoms with van der Waals surface area (Å²) in [6.07, 6.45) is 0.973. The minimum atomic E-state index is -0.399. The van der Waals surface area contributed by atoms with Crippen LogP contribution in [-0.4, -0.2) is 24.0 Å². The van der Waals surface area contributed by atoms with Crippen LogP contribution in [0.2, 0.25) is 0 Å². The summed E-state index contributed by atoms with van der Waals surface area (Å²) < 4.78 is 5.17. The van der Waals surface area contributed by atoms with Gasteiger partial charge in [-0.05, 0) is 36.6 Å². The molecule has 0 saturated carbocycles. The minimum absolute atomic E-state index is 0. The number of halogens is 1. The standard InChI is InChI=1S/C20H26N4O3.HI/c1-4-15(2)23-20(22-14-17-7-11-19(27-3)12-8-17)21-13-16-5-9-18(10-6-16)24(25)26;/h5-12,15H,4,13-14H2,1-3H3,(H2,21,22,23);1H. The van der Waals surface area contributed by atoms with Crippen molar-refractivity contribution >= 4 is 35.6 Å². The molecule has 2 aromatic carbocycles. The molecule has 0 bridgehead atoms. The second kappa shape index (κ2) is 12.2. The van der Waals surface area contributed by atoms with Gasteiger partial charge in [-0.1, -0.05) is 31.2 Å². The van der Waals surface area contributed by atoms with Gasteiger partial charge in [0.05, 0.1) is 18.6 Å². The van der Waals surface area contributed by atoms with Crippen LogP contribution in [0, 0.1) is 10.1 Å². The average molecular weight is 498 g/mol. The number of ether oxygens (including phenoxy) is 1. The number of nitrogens with one attached hydrogen (secondary N) is 2. The lowest BCUT2D eigenvalue weighted by molar-refractivity contribution is -0.384. The van der Waals surface area contributed by atoms with Crippen LogP contribution in [0.4, 0.5) is 5.69 Å². The Hall–Kier alpha value is -2.36. The molecule has 0 saturated heterocycles. The number of nitrogens with zero attached hydrogens (tertiary/aromatic N) is 2. The lowest BCUT2D eigenvalue weighted by Crippen LogP contribution is -2.41. The first kappa shape index (κ1) is 23.7. The number of nitro groups is 1. The Morgan fingerprint density at radius 3 is 2.29 bits per heavy atom. The fourth-order valence-electron chi connectivity index (χ4n) is 2.31. The van der Waals surface area contributed by atoms with Gasteiger partial charge in [0.25, 0.3) is 5.69 Å². The predicted octanol–water partition coefficient (Wildman–Crippen LogP) is 4.26. The van der Waals surface area contributed by atoms with Gasteiger partial charge in [0.1, 0.15) is 5.75 Å². The molecular weight excluding hydrogens is 471 g/mol. The van der Waals surface area contributed by atoms with E-state index < -0.39 is 4.92 Å². The quantitative estimate of drug-likeness (QED) is 0.187. The van der Waals surface area contributed by atoms with E-state index in [-0.39, 0.29) is 35.7 Å². The van der Waals surface area contributed by atoms with E-state index in [0.717, 1.165) is 23.3 Å². The Labute approximate surface area is 182 Å². The van der Waals surface area contributed by atoms with E-state index >= 15 is 0 Å². The smallest absolute Gasteiger partial charge is 0.269 e. The van der Waals surface area contributed by atoms with Crippen molar-refractivity contribution in [2.75, 3.05) is 7.11 Å². The zero-order chi connectivity index (χ0) is 19.6. The molecule has 152 valence electrons. The Bertz CT molecular complexity index is 764. The SMILES string of the molecule is CCC(C)NC(=NCc1ccc(OC)cc1)NCc1ccc([N+](=O)[O-])cc1.I. The fourth-order valence-corrected chi connectivity index (χ4v) is 2.31. The fraction of sp³-hybridized carbons (Fsp3) is 0.350. The van der Waals surface area contributed by atoms with E-state index in [0.29, 0.717) is 19.0 Å². The van der Waals surface area contributed by atoms with Crippen molar-refractivity contribution in [3.63, 3.8) is 0 Å². The van der Waals surface area contributed by atoms with Crippen molar-refractivity contribution in [3.8, 4) is 5.75 Å². The second-order valence-electron chi connectivity index (χ2n) is 6.24. The van der Waals surface area contributed by atoms with Crippen LogP contribution >= 0.6 is 24.0 Å². The first-order valence-corrected chi connectivity index (χ1v) is 8.93. The van der Waals surface area contributed by atoms with Crippen LogP contribution in [0.3, 0.4) is 0 Å². The normalized spacial score (nSPS) is 11.9. The summed E-state index contributed by atoms with van der Waals surface area (Å²) in [5.41, 5.74) is 2.12. The van der Waals surface area contributed by atoms with E-state index in [1.807, 2.05) is 24.3 Å². The molecule has 2 N–H and O–H groups in total. The van der Waals surface area contributed by atoms with E-state index in [1.165, 1.54) is 12.1 Å². The van der Waals surface area contributed by atoms with E-state index in [2.05, 4.69) is 29.5 Å². The number of hydrogen-bond donors (Lipinski definition) is 2. The lowest BCUT2D eigenvalue weighted by atomic mass is 10.2. The second-order valence-corrected chi connectivity index (χ2v) is 6.24. The van der Waals surface area contributed by atoms with Crippen molar-refractivity contribution < 1.29 is 9.66 Å². The molecule has 0 radical (unpaired) electrons. The predicted molar refractivity (Wildman–Crippen MR) is 122 cm³/mol. The van der Waals surface area contributed by atoms with Crippen molar-refractivity contribution in [1.29, 1.82) is 0 Å². The van der Waals surface area contributed by atoms with Gasteiger partial charge in [-0.3, -0.25) is 10.1 Å². The Morgan fingerprint density at radius 1 is 1.14 bits per heavy atom. The molecule has 8 heteroatoms. The topological polar surface area (TPSA) is 88.8 Å². The number of rotatable bonds is 8. The zero-order valence-corrected chi connectivity index (χ0v) is 18.7. The summed E-state index contributed by atoms with van der Waals surface area (Å²) in [4.78, 5) is 15.0. The molecule has 1 unspecified atom stereocenters. The zero-order valence-electron chi connectivity index (χ0n) is 16.3. The third-order valence-electron chi connectivity index (χ3n) is 4.18. The number of methoxy groups -OCH3 is 1. The highest BCUT2D eigenvalue weighted by molar-refractivity contribution is 14.0. The van der Waals surface area contributed by atoms with Gasteiger partial charge in [0, 0.05) is 24.7 Å². The summed E-state index contributed by atoms with van der Waals surface area (Å²) in [5.74, 6) is 1.52. The molecule has 0 aliphatic carbocycles. The number of benzene rings is 2. The van der Waals surface area contributed by atoms with E-state index in [1.54, 1.807) is 19.2 Å². The third-order valence-corrected chi connectivity index (χ3v) is 4.18. The maximum atomic E-state index is 10.7. The van der Waals surface area contributed by atoms with Gasteiger partial charge < -0.3 is 15.4 Å². The van der Waals surface area contributed by atoms with Gasteiger partial charge in [-0.25, -0.2) is 4.99 Å². The highest BCUT2D eigenvalue weighted by Gasteiger charge is 2.06. The highest BCUT2D eigenvalue weighted by Crippen LogP contribution is 2.13. The summed E-state index contributed by atoms with van der Waals surface area (Å²) in [6.45, 7) is 5.27. The van der Waals surface area contributed by atoms with Crippen LogP contribution in [0.25, 0.3) is 0 Å². The van der Waals surface area contributed by atoms with Crippen LogP contribution in [0.1, 0.15) is 31.4 Å². The molecule has 2 aromatic rings. The summed E-state index contributed by atoms with van der Waals surface area (Å²) in [5, 5.41) is 17.4. The average Bonchev–Trinajstić information content (AvgIpc) is 2.70. The van der Waals surface area contributed by atoms with Crippen LogP contribution in [-0.2, 0) is 13.1 Å². The minimum Gasteiger partial charge on any atom is -0.497 e. The molecule has 0 spiro atoms. The maximum absolute atomic E-state index is 10.7. The number of nitro benzene ring substituents is 1. The van der Waals surface area contributed by atoms with Crippen molar-refractivity contribution in [1.82, 2.24) is 10.6 Å². The van der Waals surface area contributed by atoms with E-state index in [4.69, 9.17) is 4.74 Å². The van der Waals surface area contributed by atoms with Gasteiger partial charge in [0.15, 0.2) is 5.96 Å². The molecule has 1 atom stereocenters. The van der Waals surface area contributed by atoms with Crippen molar-refractivity contribution in [2.24, 2.45) is 4.99 Å². The molecule has 0 aliphatic heterocycles. The van der Waals surface area contributed by atoms with Crippen LogP contribution in [0.15, 0.2) is 53.5 Å².